The average molecular weight is 273 g/mol. The lowest BCUT2D eigenvalue weighted by Gasteiger charge is -2.04. The van der Waals surface area contributed by atoms with E-state index >= 15 is 0 Å². The van der Waals surface area contributed by atoms with Crippen molar-refractivity contribution in [2.24, 2.45) is 0 Å². The van der Waals surface area contributed by atoms with Crippen LogP contribution < -0.4 is 5.32 Å². The molecule has 2 rings (SSSR count). The van der Waals surface area contributed by atoms with Gasteiger partial charge in [-0.1, -0.05) is 30.3 Å². The van der Waals surface area contributed by atoms with Crippen LogP contribution in [-0.4, -0.2) is 30.0 Å². The lowest BCUT2D eigenvalue weighted by Crippen LogP contribution is -2.08. The van der Waals surface area contributed by atoms with Crippen molar-refractivity contribution in [2.75, 3.05) is 20.2 Å². The molecule has 1 heterocycles. The van der Waals surface area contributed by atoms with E-state index in [0.29, 0.717) is 13.2 Å². The van der Waals surface area contributed by atoms with Crippen molar-refractivity contribution in [1.82, 2.24) is 15.1 Å². The molecular formula is C16H23N3O. The van der Waals surface area contributed by atoms with Crippen LogP contribution in [0.15, 0.2) is 42.7 Å². The largest absolute Gasteiger partial charge is 0.375 e. The van der Waals surface area contributed by atoms with E-state index in [4.69, 9.17) is 4.74 Å². The number of aryl methyl sites for hydroxylation is 1. The Balaban J connectivity index is 1.64. The molecule has 0 fully saturated rings. The minimum Gasteiger partial charge on any atom is -0.375 e. The van der Waals surface area contributed by atoms with Crippen LogP contribution in [-0.2, 0) is 24.3 Å². The molecular weight excluding hydrogens is 250 g/mol. The normalized spacial score (nSPS) is 10.8. The zero-order valence-electron chi connectivity index (χ0n) is 12.1. The van der Waals surface area contributed by atoms with Crippen LogP contribution in [0.5, 0.6) is 0 Å². The number of rotatable bonds is 9. The van der Waals surface area contributed by atoms with Gasteiger partial charge in [0, 0.05) is 6.20 Å². The Hall–Kier alpha value is -1.65. The van der Waals surface area contributed by atoms with Crippen molar-refractivity contribution in [3.05, 3.63) is 53.9 Å². The Morgan fingerprint density at radius 2 is 2.05 bits per heavy atom. The van der Waals surface area contributed by atoms with Crippen LogP contribution >= 0.6 is 0 Å². The van der Waals surface area contributed by atoms with Gasteiger partial charge in [0.05, 0.1) is 26.0 Å². The second-order valence-electron chi connectivity index (χ2n) is 4.86. The van der Waals surface area contributed by atoms with Crippen LogP contribution in [0.2, 0.25) is 0 Å². The number of nitrogens with zero attached hydrogens (tertiary/aromatic N) is 2. The quantitative estimate of drug-likeness (QED) is 0.712. The summed E-state index contributed by atoms with van der Waals surface area (Å²) in [6, 6.07) is 10.2. The highest BCUT2D eigenvalue weighted by Crippen LogP contribution is 2.03. The standard InChI is InChI=1S/C16H23N3O/c1-17-9-5-8-16-12-18-19(13-16)10-11-20-14-15-6-3-2-4-7-15/h2-4,6-7,12-13,17H,5,8-11,14H2,1H3. The third kappa shape index (κ3) is 5.15. The van der Waals surface area contributed by atoms with Crippen molar-refractivity contribution in [3.63, 3.8) is 0 Å². The Labute approximate surface area is 120 Å². The minimum absolute atomic E-state index is 0.664. The van der Waals surface area contributed by atoms with E-state index in [1.807, 2.05) is 36.1 Å². The summed E-state index contributed by atoms with van der Waals surface area (Å²) in [4.78, 5) is 0. The van der Waals surface area contributed by atoms with Gasteiger partial charge in [0.25, 0.3) is 0 Å². The fraction of sp³-hybridized carbons (Fsp3) is 0.438. The highest BCUT2D eigenvalue weighted by Gasteiger charge is 1.99. The summed E-state index contributed by atoms with van der Waals surface area (Å²) in [5.74, 6) is 0. The second kappa shape index (κ2) is 8.51. The van der Waals surface area contributed by atoms with Gasteiger partial charge in [-0.2, -0.15) is 5.10 Å². The van der Waals surface area contributed by atoms with Crippen molar-refractivity contribution < 1.29 is 4.74 Å². The molecule has 0 atom stereocenters. The van der Waals surface area contributed by atoms with Crippen molar-refractivity contribution in [3.8, 4) is 0 Å². The molecule has 2 aromatic rings. The van der Waals surface area contributed by atoms with E-state index in [1.54, 1.807) is 0 Å². The van der Waals surface area contributed by atoms with Gasteiger partial charge in [-0.15, -0.1) is 0 Å². The first-order valence-electron chi connectivity index (χ1n) is 7.16. The number of ether oxygens (including phenoxy) is 1. The molecule has 20 heavy (non-hydrogen) atoms. The second-order valence-corrected chi connectivity index (χ2v) is 4.86. The van der Waals surface area contributed by atoms with E-state index in [1.165, 1.54) is 11.1 Å². The Bertz CT molecular complexity index is 481. The van der Waals surface area contributed by atoms with E-state index in [2.05, 4.69) is 28.7 Å². The summed E-state index contributed by atoms with van der Waals surface area (Å²) >= 11 is 0. The van der Waals surface area contributed by atoms with Crippen LogP contribution in [0.4, 0.5) is 0 Å². The molecule has 0 spiro atoms. The van der Waals surface area contributed by atoms with Gasteiger partial charge in [-0.25, -0.2) is 0 Å². The molecule has 0 bridgehead atoms. The van der Waals surface area contributed by atoms with Gasteiger partial charge >= 0.3 is 0 Å². The zero-order valence-corrected chi connectivity index (χ0v) is 12.1. The third-order valence-corrected chi connectivity index (χ3v) is 3.16. The number of nitrogens with one attached hydrogen (secondary N) is 1. The van der Waals surface area contributed by atoms with Crippen LogP contribution in [0.3, 0.4) is 0 Å². The van der Waals surface area contributed by atoms with Crippen LogP contribution in [0, 0.1) is 0 Å². The Kier molecular flexibility index (Phi) is 6.27. The van der Waals surface area contributed by atoms with E-state index in [9.17, 15) is 0 Å². The number of hydrogen-bond acceptors (Lipinski definition) is 3. The molecule has 1 N–H and O–H groups in total. The Morgan fingerprint density at radius 1 is 1.20 bits per heavy atom. The first-order valence-corrected chi connectivity index (χ1v) is 7.16. The molecule has 0 unspecified atom stereocenters. The number of benzene rings is 1. The monoisotopic (exact) mass is 273 g/mol. The van der Waals surface area contributed by atoms with Crippen molar-refractivity contribution >= 4 is 0 Å². The maximum Gasteiger partial charge on any atom is 0.0717 e. The Morgan fingerprint density at radius 3 is 2.85 bits per heavy atom. The van der Waals surface area contributed by atoms with Gasteiger partial charge in [0.1, 0.15) is 0 Å². The maximum atomic E-state index is 5.66. The van der Waals surface area contributed by atoms with Crippen LogP contribution in [0.25, 0.3) is 0 Å². The SMILES string of the molecule is CNCCCc1cnn(CCOCc2ccccc2)c1. The first kappa shape index (κ1) is 14.8. The van der Waals surface area contributed by atoms with Crippen molar-refractivity contribution in [1.29, 1.82) is 0 Å². The molecule has 0 aliphatic heterocycles. The summed E-state index contributed by atoms with van der Waals surface area (Å²) in [5.41, 5.74) is 2.50. The molecule has 0 aliphatic rings. The lowest BCUT2D eigenvalue weighted by atomic mass is 10.2. The summed E-state index contributed by atoms with van der Waals surface area (Å²) in [7, 11) is 1.98. The molecule has 0 saturated carbocycles. The molecule has 108 valence electrons. The van der Waals surface area contributed by atoms with E-state index in [-0.39, 0.29) is 0 Å². The van der Waals surface area contributed by atoms with E-state index in [0.717, 1.165) is 25.9 Å². The number of aromatic nitrogens is 2. The highest BCUT2D eigenvalue weighted by molar-refractivity contribution is 5.13. The fourth-order valence-electron chi connectivity index (χ4n) is 2.05. The van der Waals surface area contributed by atoms with Crippen LogP contribution in [0.1, 0.15) is 17.5 Å². The average Bonchev–Trinajstić information content (AvgIpc) is 2.93. The lowest BCUT2D eigenvalue weighted by molar-refractivity contribution is 0.111. The molecule has 1 aromatic carbocycles. The summed E-state index contributed by atoms with van der Waals surface area (Å²) in [6.07, 6.45) is 6.28. The van der Waals surface area contributed by atoms with Gasteiger partial charge < -0.3 is 10.1 Å². The molecule has 0 amide bonds. The zero-order chi connectivity index (χ0) is 14.0. The summed E-state index contributed by atoms with van der Waals surface area (Å²) < 4.78 is 7.62. The van der Waals surface area contributed by atoms with Crippen molar-refractivity contribution in [2.45, 2.75) is 26.0 Å². The fourth-order valence-corrected chi connectivity index (χ4v) is 2.05. The predicted molar refractivity (Wildman–Crippen MR) is 80.6 cm³/mol. The van der Waals surface area contributed by atoms with Gasteiger partial charge in [0.15, 0.2) is 0 Å². The summed E-state index contributed by atoms with van der Waals surface area (Å²) in [5, 5.41) is 7.51. The highest BCUT2D eigenvalue weighted by atomic mass is 16.5. The smallest absolute Gasteiger partial charge is 0.0717 e. The molecule has 4 nitrogen and oxygen atoms in total. The summed E-state index contributed by atoms with van der Waals surface area (Å²) in [6.45, 7) is 3.20. The molecule has 4 heteroatoms. The predicted octanol–water partition coefficient (Wildman–Crippen LogP) is 2.25. The topological polar surface area (TPSA) is 39.1 Å². The van der Waals surface area contributed by atoms with Gasteiger partial charge in [-0.05, 0) is 37.6 Å². The minimum atomic E-state index is 0.664. The number of hydrogen-bond donors (Lipinski definition) is 1. The molecule has 0 radical (unpaired) electrons. The third-order valence-electron chi connectivity index (χ3n) is 3.16. The molecule has 1 aromatic heterocycles. The molecule has 0 aliphatic carbocycles. The van der Waals surface area contributed by atoms with Gasteiger partial charge in [0.2, 0.25) is 0 Å². The van der Waals surface area contributed by atoms with E-state index < -0.39 is 0 Å². The van der Waals surface area contributed by atoms with Gasteiger partial charge in [-0.3, -0.25) is 4.68 Å². The first-order chi connectivity index (χ1) is 9.88. The molecule has 0 saturated heterocycles. The maximum absolute atomic E-state index is 5.66.